The molecular formula is C15H17BrClFN2. The lowest BCUT2D eigenvalue weighted by Crippen LogP contribution is -2.30. The van der Waals surface area contributed by atoms with Gasteiger partial charge in [0.05, 0.1) is 15.5 Å². The molecule has 2 nitrogen and oxygen atoms in total. The molecule has 1 aromatic heterocycles. The van der Waals surface area contributed by atoms with Crippen molar-refractivity contribution in [2.75, 3.05) is 5.88 Å². The fraction of sp³-hybridized carbons (Fsp3) is 0.533. The molecule has 0 bridgehead atoms. The Bertz CT molecular complexity index is 661. The Hall–Kier alpha value is -0.610. The molecular weight excluding hydrogens is 343 g/mol. The molecule has 1 saturated carbocycles. The highest BCUT2D eigenvalue weighted by Crippen LogP contribution is 2.46. The Morgan fingerprint density at radius 1 is 1.45 bits per heavy atom. The fourth-order valence-corrected chi connectivity index (χ4v) is 3.49. The van der Waals surface area contributed by atoms with Gasteiger partial charge in [0.1, 0.15) is 11.6 Å². The van der Waals surface area contributed by atoms with Crippen molar-refractivity contribution in [1.82, 2.24) is 9.55 Å². The second-order valence-electron chi connectivity index (χ2n) is 5.99. The number of aryl methyl sites for hydroxylation is 1. The molecule has 0 aliphatic heterocycles. The van der Waals surface area contributed by atoms with Crippen molar-refractivity contribution in [1.29, 1.82) is 0 Å². The van der Waals surface area contributed by atoms with E-state index < -0.39 is 0 Å². The summed E-state index contributed by atoms with van der Waals surface area (Å²) >= 11 is 9.18. The third-order valence-corrected chi connectivity index (χ3v) is 5.03. The highest BCUT2D eigenvalue weighted by Gasteiger charge is 2.41. The Morgan fingerprint density at radius 2 is 2.15 bits per heavy atom. The number of hydrogen-bond donors (Lipinski definition) is 0. The lowest BCUT2D eigenvalue weighted by molar-refractivity contribution is 0.305. The molecule has 1 aliphatic carbocycles. The first kappa shape index (κ1) is 14.3. The minimum absolute atomic E-state index is 0.00654. The molecule has 20 heavy (non-hydrogen) atoms. The van der Waals surface area contributed by atoms with Gasteiger partial charge in [-0.25, -0.2) is 9.37 Å². The zero-order valence-electron chi connectivity index (χ0n) is 11.6. The Morgan fingerprint density at radius 3 is 2.75 bits per heavy atom. The molecule has 0 spiro atoms. The van der Waals surface area contributed by atoms with Crippen molar-refractivity contribution < 1.29 is 4.39 Å². The second kappa shape index (κ2) is 4.99. The minimum Gasteiger partial charge on any atom is -0.322 e. The van der Waals surface area contributed by atoms with Crippen LogP contribution in [0.4, 0.5) is 4.39 Å². The van der Waals surface area contributed by atoms with Gasteiger partial charge in [-0.15, -0.1) is 11.6 Å². The molecule has 1 heterocycles. The molecule has 0 saturated heterocycles. The number of hydrogen-bond acceptors (Lipinski definition) is 1. The summed E-state index contributed by atoms with van der Waals surface area (Å²) in [5.41, 5.74) is 1.68. The van der Waals surface area contributed by atoms with Gasteiger partial charge in [0.2, 0.25) is 0 Å². The Kier molecular flexibility index (Phi) is 3.57. The summed E-state index contributed by atoms with van der Waals surface area (Å²) in [6.07, 6.45) is 3.19. The van der Waals surface area contributed by atoms with Crippen LogP contribution < -0.4 is 0 Å². The van der Waals surface area contributed by atoms with E-state index in [1.54, 1.807) is 0 Å². The van der Waals surface area contributed by atoms with Crippen LogP contribution in [0.2, 0.25) is 0 Å². The van der Waals surface area contributed by atoms with E-state index in [0.717, 1.165) is 11.3 Å². The van der Waals surface area contributed by atoms with Crippen molar-refractivity contribution in [3.8, 4) is 0 Å². The summed E-state index contributed by atoms with van der Waals surface area (Å²) in [6.45, 7) is 4.47. The van der Waals surface area contributed by atoms with Gasteiger partial charge in [0.15, 0.2) is 0 Å². The number of alkyl halides is 1. The molecule has 0 unspecified atom stereocenters. The summed E-state index contributed by atoms with van der Waals surface area (Å²) < 4.78 is 16.5. The van der Waals surface area contributed by atoms with E-state index in [-0.39, 0.29) is 11.4 Å². The molecule has 0 radical (unpaired) electrons. The van der Waals surface area contributed by atoms with Crippen LogP contribution in [0.5, 0.6) is 0 Å². The Labute approximate surface area is 131 Å². The van der Waals surface area contributed by atoms with Crippen molar-refractivity contribution in [2.45, 2.75) is 38.6 Å². The van der Waals surface area contributed by atoms with Gasteiger partial charge in [-0.2, -0.15) is 0 Å². The minimum atomic E-state index is -0.274. The average molecular weight is 360 g/mol. The number of halogens is 3. The predicted octanol–water partition coefficient (Wildman–Crippen LogP) is 4.86. The van der Waals surface area contributed by atoms with Crippen molar-refractivity contribution in [2.24, 2.45) is 5.92 Å². The lowest BCUT2D eigenvalue weighted by Gasteiger charge is -2.29. The van der Waals surface area contributed by atoms with Gasteiger partial charge < -0.3 is 4.57 Å². The van der Waals surface area contributed by atoms with Gasteiger partial charge in [0.25, 0.3) is 0 Å². The van der Waals surface area contributed by atoms with E-state index in [2.05, 4.69) is 39.3 Å². The van der Waals surface area contributed by atoms with Crippen LogP contribution in [0.15, 0.2) is 16.6 Å². The highest BCUT2D eigenvalue weighted by molar-refractivity contribution is 9.10. The van der Waals surface area contributed by atoms with Gasteiger partial charge in [-0.1, -0.05) is 0 Å². The largest absolute Gasteiger partial charge is 0.322 e. The summed E-state index contributed by atoms with van der Waals surface area (Å²) in [5.74, 6) is 1.86. The number of rotatable bonds is 4. The van der Waals surface area contributed by atoms with E-state index in [1.165, 1.54) is 18.9 Å². The molecule has 0 amide bonds. The van der Waals surface area contributed by atoms with Crippen LogP contribution in [-0.2, 0) is 12.0 Å². The molecule has 2 aromatic rings. The van der Waals surface area contributed by atoms with Crippen molar-refractivity contribution in [3.05, 3.63) is 28.2 Å². The maximum Gasteiger partial charge on any atom is 0.139 e. The topological polar surface area (TPSA) is 17.8 Å². The third kappa shape index (κ3) is 2.27. The molecule has 108 valence electrons. The molecule has 1 fully saturated rings. The van der Waals surface area contributed by atoms with E-state index in [1.807, 2.05) is 6.07 Å². The van der Waals surface area contributed by atoms with Crippen LogP contribution in [0, 0.1) is 11.7 Å². The number of aromatic nitrogens is 2. The van der Waals surface area contributed by atoms with E-state index in [9.17, 15) is 4.39 Å². The quantitative estimate of drug-likeness (QED) is 0.713. The molecule has 1 aliphatic rings. The molecule has 1 aromatic carbocycles. The van der Waals surface area contributed by atoms with E-state index in [4.69, 9.17) is 11.6 Å². The first-order valence-corrected chi connectivity index (χ1v) is 8.20. The molecule has 0 atom stereocenters. The maximum atomic E-state index is 13.7. The monoisotopic (exact) mass is 358 g/mol. The lowest BCUT2D eigenvalue weighted by atomic mass is 9.97. The Balaban J connectivity index is 2.25. The standard InChI is InChI=1S/C15H17BrClFN2/c1-15(2,9-3-4-9)20-13-7-10(16)11(18)8-12(13)19-14(20)5-6-17/h7-9H,3-6H2,1-2H3. The summed E-state index contributed by atoms with van der Waals surface area (Å²) in [5, 5.41) is 0. The van der Waals surface area contributed by atoms with Crippen LogP contribution in [0.25, 0.3) is 11.0 Å². The average Bonchev–Trinajstić information content (AvgIpc) is 3.15. The number of nitrogens with zero attached hydrogens (tertiary/aromatic N) is 2. The van der Waals surface area contributed by atoms with Crippen LogP contribution >= 0.6 is 27.5 Å². The molecule has 0 N–H and O–H groups in total. The van der Waals surface area contributed by atoms with E-state index >= 15 is 0 Å². The van der Waals surface area contributed by atoms with E-state index in [0.29, 0.717) is 28.2 Å². The first-order chi connectivity index (χ1) is 9.45. The zero-order valence-corrected chi connectivity index (χ0v) is 13.9. The van der Waals surface area contributed by atoms with Gasteiger partial charge in [0, 0.05) is 23.9 Å². The summed E-state index contributed by atoms with van der Waals surface area (Å²) in [4.78, 5) is 4.60. The smallest absolute Gasteiger partial charge is 0.139 e. The third-order valence-electron chi connectivity index (χ3n) is 4.24. The maximum absolute atomic E-state index is 13.7. The normalized spacial score (nSPS) is 16.1. The number of imidazole rings is 1. The van der Waals surface area contributed by atoms with Crippen LogP contribution in [-0.4, -0.2) is 15.4 Å². The highest BCUT2D eigenvalue weighted by atomic mass is 79.9. The van der Waals surface area contributed by atoms with Gasteiger partial charge >= 0.3 is 0 Å². The predicted molar refractivity (Wildman–Crippen MR) is 83.9 cm³/mol. The number of fused-ring (bicyclic) bond motifs is 1. The summed E-state index contributed by atoms with van der Waals surface area (Å²) in [7, 11) is 0. The number of benzene rings is 1. The first-order valence-electron chi connectivity index (χ1n) is 6.88. The fourth-order valence-electron chi connectivity index (χ4n) is 2.99. The van der Waals surface area contributed by atoms with Crippen molar-refractivity contribution >= 4 is 38.6 Å². The van der Waals surface area contributed by atoms with Crippen molar-refractivity contribution in [3.63, 3.8) is 0 Å². The van der Waals surface area contributed by atoms with Gasteiger partial charge in [-0.05, 0) is 54.6 Å². The van der Waals surface area contributed by atoms with Gasteiger partial charge in [-0.3, -0.25) is 0 Å². The zero-order chi connectivity index (χ0) is 14.5. The SMILES string of the molecule is CC(C)(C1CC1)n1c(CCCl)nc2cc(F)c(Br)cc21. The molecule has 5 heteroatoms. The van der Waals surface area contributed by atoms with Crippen LogP contribution in [0.1, 0.15) is 32.5 Å². The molecule has 3 rings (SSSR count). The second-order valence-corrected chi connectivity index (χ2v) is 7.22. The summed E-state index contributed by atoms with van der Waals surface area (Å²) in [6, 6.07) is 3.33. The van der Waals surface area contributed by atoms with Crippen LogP contribution in [0.3, 0.4) is 0 Å².